The molecule has 1 unspecified atom stereocenters. The zero-order chi connectivity index (χ0) is 34.1. The number of benzene rings is 2. The normalized spacial score (nSPS) is 15.2. The summed E-state index contributed by atoms with van der Waals surface area (Å²) in [6.45, 7) is 53.1. The predicted molar refractivity (Wildman–Crippen MR) is 196 cm³/mol. The standard InChI is InChI=1S/C43H72/c1-27(23-28-24-30(38(5,6)7)31(39(8,9)10)25-29(28)37(2,3)4)34-32(40(11,12)13)26-33(41(14,15)16)35(42(17,18)19)36(34)43(20,21)22/h24-27H,23H2,1-22H3. The summed E-state index contributed by atoms with van der Waals surface area (Å²) in [5, 5.41) is 0. The molecule has 0 saturated heterocycles. The average molecular weight is 589 g/mol. The summed E-state index contributed by atoms with van der Waals surface area (Å²) < 4.78 is 0. The van der Waals surface area contributed by atoms with Gasteiger partial charge in [0.25, 0.3) is 0 Å². The van der Waals surface area contributed by atoms with Crippen LogP contribution in [0.25, 0.3) is 0 Å². The van der Waals surface area contributed by atoms with Gasteiger partial charge in [-0.05, 0) is 100 Å². The van der Waals surface area contributed by atoms with Crippen LogP contribution in [0.5, 0.6) is 0 Å². The Balaban J connectivity index is 3.15. The Labute approximate surface area is 270 Å². The van der Waals surface area contributed by atoms with Crippen LogP contribution in [0.1, 0.15) is 208 Å². The van der Waals surface area contributed by atoms with Crippen molar-refractivity contribution in [3.05, 3.63) is 68.3 Å². The van der Waals surface area contributed by atoms with Gasteiger partial charge in [-0.25, -0.2) is 0 Å². The SMILES string of the molecule is CC(Cc1cc(C(C)(C)C)c(C(C)(C)C)cc1C(C)(C)C)c1c(C(C)(C)C)cc(C(C)(C)C)c(C(C)(C)C)c1C(C)(C)C. The molecule has 0 nitrogen and oxygen atoms in total. The van der Waals surface area contributed by atoms with Gasteiger partial charge in [-0.15, -0.1) is 0 Å². The fraction of sp³-hybridized carbons (Fsp3) is 0.721. The van der Waals surface area contributed by atoms with Crippen LogP contribution in [0.3, 0.4) is 0 Å². The van der Waals surface area contributed by atoms with Gasteiger partial charge < -0.3 is 0 Å². The molecule has 0 saturated carbocycles. The highest BCUT2D eigenvalue weighted by Gasteiger charge is 2.39. The quantitative estimate of drug-likeness (QED) is 0.334. The molecule has 0 N–H and O–H groups in total. The fourth-order valence-electron chi connectivity index (χ4n) is 7.16. The van der Waals surface area contributed by atoms with Crippen LogP contribution >= 0.6 is 0 Å². The Morgan fingerprint density at radius 2 is 0.698 bits per heavy atom. The molecule has 2 rings (SSSR count). The van der Waals surface area contributed by atoms with Crippen LogP contribution in [-0.4, -0.2) is 0 Å². The third-order valence-corrected chi connectivity index (χ3v) is 9.17. The van der Waals surface area contributed by atoms with Gasteiger partial charge in [-0.3, -0.25) is 0 Å². The Hall–Kier alpha value is -1.56. The van der Waals surface area contributed by atoms with Crippen molar-refractivity contribution < 1.29 is 0 Å². The lowest BCUT2D eigenvalue weighted by molar-refractivity contribution is 0.478. The average Bonchev–Trinajstić information content (AvgIpc) is 2.72. The van der Waals surface area contributed by atoms with Crippen LogP contribution in [0.2, 0.25) is 0 Å². The summed E-state index contributed by atoms with van der Waals surface area (Å²) >= 11 is 0. The third-order valence-electron chi connectivity index (χ3n) is 9.17. The smallest absolute Gasteiger partial charge is 0.0126 e. The van der Waals surface area contributed by atoms with Gasteiger partial charge in [0, 0.05) is 0 Å². The first kappa shape index (κ1) is 37.6. The fourth-order valence-corrected chi connectivity index (χ4v) is 7.16. The van der Waals surface area contributed by atoms with Crippen molar-refractivity contribution >= 4 is 0 Å². The molecule has 0 fully saturated rings. The second-order valence-electron chi connectivity index (χ2n) is 21.0. The summed E-state index contributed by atoms with van der Waals surface area (Å²) in [7, 11) is 0. The van der Waals surface area contributed by atoms with Gasteiger partial charge >= 0.3 is 0 Å². The molecule has 0 amide bonds. The summed E-state index contributed by atoms with van der Waals surface area (Å²) in [5.74, 6) is 0.382. The number of rotatable bonds is 3. The maximum Gasteiger partial charge on any atom is -0.0126 e. The molecule has 2 aromatic rings. The largest absolute Gasteiger partial charge is 0.0581 e. The highest BCUT2D eigenvalue weighted by molar-refractivity contribution is 5.58. The van der Waals surface area contributed by atoms with E-state index in [2.05, 4.69) is 171 Å². The molecule has 0 bridgehead atoms. The van der Waals surface area contributed by atoms with Gasteiger partial charge in [0.15, 0.2) is 0 Å². The van der Waals surface area contributed by atoms with E-state index in [4.69, 9.17) is 0 Å². The highest BCUT2D eigenvalue weighted by Crippen LogP contribution is 2.49. The van der Waals surface area contributed by atoms with Gasteiger partial charge in [0.1, 0.15) is 0 Å². The molecule has 0 aromatic heterocycles. The Morgan fingerprint density at radius 1 is 0.372 bits per heavy atom. The minimum absolute atomic E-state index is 0.0208. The Kier molecular flexibility index (Phi) is 9.93. The van der Waals surface area contributed by atoms with Gasteiger partial charge in [-0.2, -0.15) is 0 Å². The van der Waals surface area contributed by atoms with E-state index in [1.165, 1.54) is 33.4 Å². The van der Waals surface area contributed by atoms with E-state index in [0.717, 1.165) is 6.42 Å². The van der Waals surface area contributed by atoms with E-state index in [1.54, 1.807) is 16.7 Å². The first-order chi connectivity index (χ1) is 18.7. The zero-order valence-corrected chi connectivity index (χ0v) is 33.0. The molecule has 0 aliphatic rings. The van der Waals surface area contributed by atoms with Crippen LogP contribution in [0, 0.1) is 0 Å². The molecule has 0 aliphatic carbocycles. The minimum Gasteiger partial charge on any atom is -0.0581 e. The Bertz CT molecular complexity index is 1290. The highest BCUT2D eigenvalue weighted by atomic mass is 14.4. The lowest BCUT2D eigenvalue weighted by Crippen LogP contribution is -2.33. The second-order valence-corrected chi connectivity index (χ2v) is 21.0. The lowest BCUT2D eigenvalue weighted by atomic mass is 9.62. The van der Waals surface area contributed by atoms with Gasteiger partial charge in [-0.1, -0.05) is 171 Å². The van der Waals surface area contributed by atoms with Crippen LogP contribution in [0.15, 0.2) is 18.2 Å². The molecule has 0 spiro atoms. The summed E-state index contributed by atoms with van der Waals surface area (Å²) in [5.41, 5.74) is 14.2. The van der Waals surface area contributed by atoms with Gasteiger partial charge in [0.05, 0.1) is 0 Å². The monoisotopic (exact) mass is 589 g/mol. The van der Waals surface area contributed by atoms with E-state index in [-0.39, 0.29) is 37.9 Å². The summed E-state index contributed by atoms with van der Waals surface area (Å²) in [6.07, 6.45) is 1.05. The molecule has 2 aromatic carbocycles. The van der Waals surface area contributed by atoms with Crippen molar-refractivity contribution in [2.24, 2.45) is 0 Å². The first-order valence-electron chi connectivity index (χ1n) is 17.1. The minimum atomic E-state index is 0.0208. The molecule has 0 heterocycles. The van der Waals surface area contributed by atoms with Crippen LogP contribution in [0.4, 0.5) is 0 Å². The summed E-state index contributed by atoms with van der Waals surface area (Å²) in [4.78, 5) is 0. The molecule has 0 radical (unpaired) electrons. The van der Waals surface area contributed by atoms with E-state index < -0.39 is 0 Å². The van der Waals surface area contributed by atoms with Crippen molar-refractivity contribution in [1.82, 2.24) is 0 Å². The predicted octanol–water partition coefficient (Wildman–Crippen LogP) is 13.1. The van der Waals surface area contributed by atoms with Crippen molar-refractivity contribution in [2.75, 3.05) is 0 Å². The maximum atomic E-state index is 2.62. The molecular formula is C43H72. The van der Waals surface area contributed by atoms with E-state index in [0.29, 0.717) is 5.92 Å². The van der Waals surface area contributed by atoms with Crippen molar-refractivity contribution in [1.29, 1.82) is 0 Å². The molecule has 0 heteroatoms. The van der Waals surface area contributed by atoms with Crippen LogP contribution in [-0.2, 0) is 44.3 Å². The lowest BCUT2D eigenvalue weighted by Gasteiger charge is -2.42. The second kappa shape index (κ2) is 11.4. The topological polar surface area (TPSA) is 0 Å². The Morgan fingerprint density at radius 3 is 1.02 bits per heavy atom. The van der Waals surface area contributed by atoms with Crippen molar-refractivity contribution in [3.63, 3.8) is 0 Å². The third kappa shape index (κ3) is 8.38. The number of hydrogen-bond acceptors (Lipinski definition) is 0. The van der Waals surface area contributed by atoms with E-state index in [9.17, 15) is 0 Å². The molecule has 0 aliphatic heterocycles. The molecule has 244 valence electrons. The zero-order valence-electron chi connectivity index (χ0n) is 33.0. The number of hydrogen-bond donors (Lipinski definition) is 0. The summed E-state index contributed by atoms with van der Waals surface area (Å²) in [6, 6.07) is 7.82. The van der Waals surface area contributed by atoms with Crippen molar-refractivity contribution in [3.8, 4) is 0 Å². The van der Waals surface area contributed by atoms with E-state index >= 15 is 0 Å². The van der Waals surface area contributed by atoms with Gasteiger partial charge in [0.2, 0.25) is 0 Å². The maximum absolute atomic E-state index is 2.62. The first-order valence-corrected chi connectivity index (χ1v) is 17.1. The molecule has 1 atom stereocenters. The molecular weight excluding hydrogens is 516 g/mol. The van der Waals surface area contributed by atoms with Crippen molar-refractivity contribution in [2.45, 2.75) is 203 Å². The molecule has 43 heavy (non-hydrogen) atoms. The van der Waals surface area contributed by atoms with E-state index in [1.807, 2.05) is 0 Å². The van der Waals surface area contributed by atoms with Crippen LogP contribution < -0.4 is 0 Å².